The van der Waals surface area contributed by atoms with Crippen molar-refractivity contribution in [1.82, 2.24) is 10.3 Å². The maximum atomic E-state index is 12.7. The number of nitrogens with zero attached hydrogens (tertiary/aromatic N) is 1. The molecule has 0 spiro atoms. The van der Waals surface area contributed by atoms with Gasteiger partial charge in [0, 0.05) is 18.8 Å². The first-order chi connectivity index (χ1) is 10.1. The molecule has 2 aromatic rings. The second-order valence-electron chi connectivity index (χ2n) is 4.82. The Kier molecular flexibility index (Phi) is 5.66. The summed E-state index contributed by atoms with van der Waals surface area (Å²) in [4.78, 5) is 4.36. The Balaban J connectivity index is 1.67. The molecule has 1 heterocycles. The summed E-state index contributed by atoms with van der Waals surface area (Å²) in [5, 5.41) is 12.9. The monoisotopic (exact) mass is 290 g/mol. The van der Waals surface area contributed by atoms with Crippen LogP contribution in [-0.4, -0.2) is 29.3 Å². The Hall–Kier alpha value is -1.98. The highest BCUT2D eigenvalue weighted by Crippen LogP contribution is 2.11. The number of pyridine rings is 1. The SMILES string of the molecule is Cc1cccc(CNCC(O)COc2ccc(F)cc2)n1. The molecular weight excluding hydrogens is 271 g/mol. The summed E-state index contributed by atoms with van der Waals surface area (Å²) in [6, 6.07) is 11.5. The van der Waals surface area contributed by atoms with Gasteiger partial charge in [0.15, 0.2) is 0 Å². The van der Waals surface area contributed by atoms with Crippen molar-refractivity contribution in [2.75, 3.05) is 13.2 Å². The average Bonchev–Trinajstić information content (AvgIpc) is 2.47. The summed E-state index contributed by atoms with van der Waals surface area (Å²) in [6.07, 6.45) is -0.639. The molecule has 0 amide bonds. The summed E-state index contributed by atoms with van der Waals surface area (Å²) in [5.41, 5.74) is 1.90. The molecule has 0 aliphatic heterocycles. The molecule has 0 saturated heterocycles. The first-order valence-electron chi connectivity index (χ1n) is 6.83. The van der Waals surface area contributed by atoms with Crippen LogP contribution in [0.15, 0.2) is 42.5 Å². The predicted molar refractivity (Wildman–Crippen MR) is 78.6 cm³/mol. The normalized spacial score (nSPS) is 12.1. The minimum absolute atomic E-state index is 0.153. The van der Waals surface area contributed by atoms with Crippen molar-refractivity contribution in [3.8, 4) is 5.75 Å². The van der Waals surface area contributed by atoms with Crippen LogP contribution in [0, 0.1) is 12.7 Å². The van der Waals surface area contributed by atoms with Gasteiger partial charge in [-0.15, -0.1) is 0 Å². The highest BCUT2D eigenvalue weighted by Gasteiger charge is 2.05. The van der Waals surface area contributed by atoms with Gasteiger partial charge in [-0.3, -0.25) is 4.98 Å². The molecule has 5 heteroatoms. The van der Waals surface area contributed by atoms with E-state index in [4.69, 9.17) is 4.74 Å². The molecule has 2 rings (SSSR count). The van der Waals surface area contributed by atoms with E-state index in [0.717, 1.165) is 11.4 Å². The Labute approximate surface area is 123 Å². The summed E-state index contributed by atoms with van der Waals surface area (Å²) in [5.74, 6) is 0.228. The van der Waals surface area contributed by atoms with Gasteiger partial charge in [0.2, 0.25) is 0 Å². The van der Waals surface area contributed by atoms with E-state index >= 15 is 0 Å². The quantitative estimate of drug-likeness (QED) is 0.819. The maximum absolute atomic E-state index is 12.7. The molecule has 112 valence electrons. The Bertz CT molecular complexity index is 560. The molecule has 0 fully saturated rings. The Morgan fingerprint density at radius 1 is 1.24 bits per heavy atom. The van der Waals surface area contributed by atoms with Crippen molar-refractivity contribution < 1.29 is 14.2 Å². The maximum Gasteiger partial charge on any atom is 0.123 e. The van der Waals surface area contributed by atoms with Crippen LogP contribution in [0.2, 0.25) is 0 Å². The van der Waals surface area contributed by atoms with Crippen molar-refractivity contribution in [2.45, 2.75) is 19.6 Å². The van der Waals surface area contributed by atoms with E-state index < -0.39 is 6.10 Å². The van der Waals surface area contributed by atoms with Gasteiger partial charge in [-0.05, 0) is 43.3 Å². The smallest absolute Gasteiger partial charge is 0.123 e. The molecule has 1 aromatic heterocycles. The highest BCUT2D eigenvalue weighted by atomic mass is 19.1. The Morgan fingerprint density at radius 2 is 2.00 bits per heavy atom. The fraction of sp³-hybridized carbons (Fsp3) is 0.312. The fourth-order valence-corrected chi connectivity index (χ4v) is 1.85. The van der Waals surface area contributed by atoms with Crippen LogP contribution < -0.4 is 10.1 Å². The molecule has 2 N–H and O–H groups in total. The molecule has 1 unspecified atom stereocenters. The second kappa shape index (κ2) is 7.71. The molecule has 0 bridgehead atoms. The standard InChI is InChI=1S/C16H19FN2O2/c1-12-3-2-4-14(19-12)9-18-10-15(20)11-21-16-7-5-13(17)6-8-16/h2-8,15,18,20H,9-11H2,1H3. The van der Waals surface area contributed by atoms with E-state index in [1.165, 1.54) is 24.3 Å². The van der Waals surface area contributed by atoms with Crippen molar-refractivity contribution in [3.05, 3.63) is 59.7 Å². The van der Waals surface area contributed by atoms with Crippen LogP contribution in [0.4, 0.5) is 4.39 Å². The zero-order valence-corrected chi connectivity index (χ0v) is 11.9. The molecule has 1 aromatic carbocycles. The Morgan fingerprint density at radius 3 is 2.71 bits per heavy atom. The lowest BCUT2D eigenvalue weighted by molar-refractivity contribution is 0.106. The number of aliphatic hydroxyl groups excluding tert-OH is 1. The summed E-state index contributed by atoms with van der Waals surface area (Å²) < 4.78 is 18.1. The number of ether oxygens (including phenoxy) is 1. The topological polar surface area (TPSA) is 54.4 Å². The van der Waals surface area contributed by atoms with E-state index in [1.807, 2.05) is 25.1 Å². The zero-order valence-electron chi connectivity index (χ0n) is 11.9. The van der Waals surface area contributed by atoms with Crippen molar-refractivity contribution >= 4 is 0 Å². The van der Waals surface area contributed by atoms with E-state index in [0.29, 0.717) is 18.8 Å². The van der Waals surface area contributed by atoms with Crippen LogP contribution in [0.1, 0.15) is 11.4 Å². The number of rotatable bonds is 7. The minimum Gasteiger partial charge on any atom is -0.491 e. The lowest BCUT2D eigenvalue weighted by Crippen LogP contribution is -2.31. The van der Waals surface area contributed by atoms with Gasteiger partial charge >= 0.3 is 0 Å². The molecule has 0 radical (unpaired) electrons. The molecule has 21 heavy (non-hydrogen) atoms. The van der Waals surface area contributed by atoms with Crippen LogP contribution in [-0.2, 0) is 6.54 Å². The molecule has 4 nitrogen and oxygen atoms in total. The minimum atomic E-state index is -0.639. The van der Waals surface area contributed by atoms with Gasteiger partial charge in [-0.25, -0.2) is 4.39 Å². The van der Waals surface area contributed by atoms with Gasteiger partial charge in [0.05, 0.1) is 5.69 Å². The number of aromatic nitrogens is 1. The average molecular weight is 290 g/mol. The molecule has 0 aliphatic carbocycles. The van der Waals surface area contributed by atoms with Crippen molar-refractivity contribution in [3.63, 3.8) is 0 Å². The third-order valence-corrected chi connectivity index (χ3v) is 2.89. The molecular formula is C16H19FN2O2. The third kappa shape index (κ3) is 5.49. The molecule has 0 aliphatic rings. The summed E-state index contributed by atoms with van der Waals surface area (Å²) in [6.45, 7) is 3.08. The van der Waals surface area contributed by atoms with E-state index in [1.54, 1.807) is 0 Å². The summed E-state index contributed by atoms with van der Waals surface area (Å²) >= 11 is 0. The summed E-state index contributed by atoms with van der Waals surface area (Å²) in [7, 11) is 0. The number of benzene rings is 1. The first-order valence-corrected chi connectivity index (χ1v) is 6.83. The van der Waals surface area contributed by atoms with Crippen LogP contribution in [0.3, 0.4) is 0 Å². The predicted octanol–water partition coefficient (Wildman–Crippen LogP) is 2.06. The molecule has 1 atom stereocenters. The molecule has 0 saturated carbocycles. The van der Waals surface area contributed by atoms with Gasteiger partial charge < -0.3 is 15.2 Å². The fourth-order valence-electron chi connectivity index (χ4n) is 1.85. The number of halogens is 1. The number of hydrogen-bond acceptors (Lipinski definition) is 4. The largest absolute Gasteiger partial charge is 0.491 e. The van der Waals surface area contributed by atoms with Crippen molar-refractivity contribution in [2.24, 2.45) is 0 Å². The van der Waals surface area contributed by atoms with Gasteiger partial charge in [-0.1, -0.05) is 6.07 Å². The number of nitrogens with one attached hydrogen (secondary N) is 1. The van der Waals surface area contributed by atoms with Crippen LogP contribution in [0.25, 0.3) is 0 Å². The van der Waals surface area contributed by atoms with Crippen molar-refractivity contribution in [1.29, 1.82) is 0 Å². The van der Waals surface area contributed by atoms with Crippen LogP contribution >= 0.6 is 0 Å². The van der Waals surface area contributed by atoms with E-state index in [9.17, 15) is 9.50 Å². The lowest BCUT2D eigenvalue weighted by Gasteiger charge is -2.13. The van der Waals surface area contributed by atoms with Gasteiger partial charge in [0.25, 0.3) is 0 Å². The van der Waals surface area contributed by atoms with Gasteiger partial charge in [-0.2, -0.15) is 0 Å². The number of aliphatic hydroxyl groups is 1. The number of hydrogen-bond donors (Lipinski definition) is 2. The third-order valence-electron chi connectivity index (χ3n) is 2.89. The zero-order chi connectivity index (χ0) is 15.1. The van der Waals surface area contributed by atoms with Gasteiger partial charge in [0.1, 0.15) is 24.3 Å². The second-order valence-corrected chi connectivity index (χ2v) is 4.82. The van der Waals surface area contributed by atoms with E-state index in [-0.39, 0.29) is 12.4 Å². The lowest BCUT2D eigenvalue weighted by atomic mass is 10.3. The highest BCUT2D eigenvalue weighted by molar-refractivity contribution is 5.22. The van der Waals surface area contributed by atoms with E-state index in [2.05, 4.69) is 10.3 Å². The first kappa shape index (κ1) is 15.4. The van der Waals surface area contributed by atoms with Crippen LogP contribution in [0.5, 0.6) is 5.75 Å². The number of aryl methyl sites for hydroxylation is 1.